The molecule has 0 atom stereocenters. The van der Waals surface area contributed by atoms with E-state index in [4.69, 9.17) is 4.74 Å². The van der Waals surface area contributed by atoms with Crippen LogP contribution >= 0.6 is 0 Å². The number of nitrogens with one attached hydrogen (secondary N) is 1. The molecule has 23 heavy (non-hydrogen) atoms. The number of rotatable bonds is 6. The minimum atomic E-state index is -0.000494. The molecule has 0 spiro atoms. The third-order valence-corrected chi connectivity index (χ3v) is 4.55. The zero-order valence-electron chi connectivity index (χ0n) is 13.6. The molecule has 0 radical (unpaired) electrons. The fraction of sp³-hybridized carbons (Fsp3) is 0.450. The molecule has 0 unspecified atom stereocenters. The number of ether oxygens (including phenoxy) is 1. The summed E-state index contributed by atoms with van der Waals surface area (Å²) in [7, 11) is 0. The minimum Gasteiger partial charge on any atom is -0.378 e. The number of hydrogen-bond donors (Lipinski definition) is 1. The van der Waals surface area contributed by atoms with E-state index in [2.05, 4.69) is 5.32 Å². The molecule has 1 saturated carbocycles. The van der Waals surface area contributed by atoms with Crippen LogP contribution in [0.2, 0.25) is 0 Å². The van der Waals surface area contributed by atoms with E-state index in [1.165, 1.54) is 32.1 Å². The van der Waals surface area contributed by atoms with Crippen LogP contribution in [0.3, 0.4) is 0 Å². The zero-order valence-corrected chi connectivity index (χ0v) is 13.6. The van der Waals surface area contributed by atoms with Gasteiger partial charge in [0.2, 0.25) is 0 Å². The number of carbonyl (C=O) groups excluding carboxylic acids is 1. The van der Waals surface area contributed by atoms with Gasteiger partial charge in [-0.1, -0.05) is 55.7 Å². The number of amides is 1. The number of hydrogen-bond acceptors (Lipinski definition) is 2. The molecule has 122 valence electrons. The standard InChI is InChI=1S/C20H25NO2/c22-20(19-13-6-9-16-8-4-5-12-18(16)19)21-14-7-15-23-17-10-2-1-3-11-17/h4-6,8-9,12-13,17H,1-3,7,10-11,14-15H2,(H,21,22). The van der Waals surface area contributed by atoms with Crippen molar-refractivity contribution in [2.45, 2.75) is 44.6 Å². The summed E-state index contributed by atoms with van der Waals surface area (Å²) in [5, 5.41) is 5.11. The Bertz CT molecular complexity index is 642. The monoisotopic (exact) mass is 311 g/mol. The maximum atomic E-state index is 12.4. The average Bonchev–Trinajstić information content (AvgIpc) is 2.61. The Kier molecular flexibility index (Phi) is 5.65. The lowest BCUT2D eigenvalue weighted by molar-refractivity contribution is 0.0273. The molecule has 3 nitrogen and oxygen atoms in total. The number of fused-ring (bicyclic) bond motifs is 1. The first kappa shape index (κ1) is 16.0. The molecule has 1 amide bonds. The molecule has 0 aromatic heterocycles. The summed E-state index contributed by atoms with van der Waals surface area (Å²) in [5.41, 5.74) is 0.747. The molecule has 0 saturated heterocycles. The topological polar surface area (TPSA) is 38.3 Å². The number of carbonyl (C=O) groups is 1. The summed E-state index contributed by atoms with van der Waals surface area (Å²) < 4.78 is 5.89. The van der Waals surface area contributed by atoms with Crippen molar-refractivity contribution < 1.29 is 9.53 Å². The van der Waals surface area contributed by atoms with E-state index in [1.54, 1.807) is 0 Å². The van der Waals surface area contributed by atoms with Crippen molar-refractivity contribution in [1.82, 2.24) is 5.32 Å². The van der Waals surface area contributed by atoms with Gasteiger partial charge in [-0.15, -0.1) is 0 Å². The second kappa shape index (κ2) is 8.11. The van der Waals surface area contributed by atoms with E-state index >= 15 is 0 Å². The lowest BCUT2D eigenvalue weighted by atomic mass is 9.98. The van der Waals surface area contributed by atoms with Gasteiger partial charge in [0.15, 0.2) is 0 Å². The summed E-state index contributed by atoms with van der Waals surface area (Å²) in [6.07, 6.45) is 7.64. The molecule has 0 heterocycles. The van der Waals surface area contributed by atoms with Crippen LogP contribution in [0, 0.1) is 0 Å². The van der Waals surface area contributed by atoms with Gasteiger partial charge in [0.25, 0.3) is 5.91 Å². The van der Waals surface area contributed by atoms with Crippen LogP contribution in [0.1, 0.15) is 48.9 Å². The highest BCUT2D eigenvalue weighted by Crippen LogP contribution is 2.20. The highest BCUT2D eigenvalue weighted by molar-refractivity contribution is 6.06. The fourth-order valence-corrected chi connectivity index (χ4v) is 3.27. The first-order valence-corrected chi connectivity index (χ1v) is 8.72. The maximum absolute atomic E-state index is 12.4. The predicted molar refractivity (Wildman–Crippen MR) is 93.7 cm³/mol. The van der Waals surface area contributed by atoms with Gasteiger partial charge in [0.05, 0.1) is 6.10 Å². The Morgan fingerprint density at radius 2 is 1.83 bits per heavy atom. The van der Waals surface area contributed by atoms with Crippen molar-refractivity contribution in [1.29, 1.82) is 0 Å². The highest BCUT2D eigenvalue weighted by Gasteiger charge is 2.13. The lowest BCUT2D eigenvalue weighted by Crippen LogP contribution is -2.26. The fourth-order valence-electron chi connectivity index (χ4n) is 3.27. The highest BCUT2D eigenvalue weighted by atomic mass is 16.5. The Hall–Kier alpha value is -1.87. The van der Waals surface area contributed by atoms with E-state index in [-0.39, 0.29) is 5.91 Å². The van der Waals surface area contributed by atoms with Crippen LogP contribution in [-0.4, -0.2) is 25.2 Å². The smallest absolute Gasteiger partial charge is 0.251 e. The van der Waals surface area contributed by atoms with Crippen LogP contribution in [-0.2, 0) is 4.74 Å². The summed E-state index contributed by atoms with van der Waals surface area (Å²) in [6.45, 7) is 1.40. The second-order valence-electron chi connectivity index (χ2n) is 6.27. The van der Waals surface area contributed by atoms with E-state index in [0.29, 0.717) is 12.6 Å². The molecule has 3 heteroatoms. The van der Waals surface area contributed by atoms with Crippen LogP contribution < -0.4 is 5.32 Å². The predicted octanol–water partition coefficient (Wildman–Crippen LogP) is 4.31. The molecular weight excluding hydrogens is 286 g/mol. The van der Waals surface area contributed by atoms with Crippen molar-refractivity contribution in [2.24, 2.45) is 0 Å². The molecule has 0 bridgehead atoms. The van der Waals surface area contributed by atoms with Gasteiger partial charge in [0.1, 0.15) is 0 Å². The quantitative estimate of drug-likeness (QED) is 0.807. The van der Waals surface area contributed by atoms with Crippen molar-refractivity contribution in [3.63, 3.8) is 0 Å². The summed E-state index contributed by atoms with van der Waals surface area (Å²) >= 11 is 0. The van der Waals surface area contributed by atoms with Crippen LogP contribution in [0.25, 0.3) is 10.8 Å². The lowest BCUT2D eigenvalue weighted by Gasteiger charge is -2.21. The van der Waals surface area contributed by atoms with Crippen molar-refractivity contribution in [2.75, 3.05) is 13.2 Å². The van der Waals surface area contributed by atoms with Gasteiger partial charge in [-0.3, -0.25) is 4.79 Å². The average molecular weight is 311 g/mol. The maximum Gasteiger partial charge on any atom is 0.251 e. The van der Waals surface area contributed by atoms with E-state index < -0.39 is 0 Å². The second-order valence-corrected chi connectivity index (χ2v) is 6.27. The SMILES string of the molecule is O=C(NCCCOC1CCCCC1)c1cccc2ccccc12. The Morgan fingerprint density at radius 1 is 1.04 bits per heavy atom. The Balaban J connectivity index is 1.45. The Morgan fingerprint density at radius 3 is 2.70 bits per heavy atom. The molecule has 3 rings (SSSR count). The van der Waals surface area contributed by atoms with Crippen molar-refractivity contribution in [3.8, 4) is 0 Å². The molecule has 2 aromatic rings. The minimum absolute atomic E-state index is 0.000494. The van der Waals surface area contributed by atoms with Crippen LogP contribution in [0.5, 0.6) is 0 Å². The number of benzene rings is 2. The van der Waals surface area contributed by atoms with E-state index in [1.807, 2.05) is 42.5 Å². The van der Waals surface area contributed by atoms with Crippen LogP contribution in [0.15, 0.2) is 42.5 Å². The largest absolute Gasteiger partial charge is 0.378 e. The van der Waals surface area contributed by atoms with Crippen molar-refractivity contribution >= 4 is 16.7 Å². The molecule has 1 aliphatic carbocycles. The molecular formula is C20H25NO2. The third-order valence-electron chi connectivity index (χ3n) is 4.55. The van der Waals surface area contributed by atoms with Gasteiger partial charge in [-0.2, -0.15) is 0 Å². The van der Waals surface area contributed by atoms with Gasteiger partial charge in [0, 0.05) is 18.7 Å². The first-order chi connectivity index (χ1) is 11.3. The van der Waals surface area contributed by atoms with Gasteiger partial charge in [-0.05, 0) is 36.1 Å². The normalized spacial score (nSPS) is 15.7. The summed E-state index contributed by atoms with van der Waals surface area (Å²) in [5.74, 6) is -0.000494. The molecule has 0 aliphatic heterocycles. The van der Waals surface area contributed by atoms with Gasteiger partial charge < -0.3 is 10.1 Å². The van der Waals surface area contributed by atoms with E-state index in [9.17, 15) is 4.79 Å². The first-order valence-electron chi connectivity index (χ1n) is 8.72. The van der Waals surface area contributed by atoms with Gasteiger partial charge in [-0.25, -0.2) is 0 Å². The molecule has 1 aliphatic rings. The van der Waals surface area contributed by atoms with Gasteiger partial charge >= 0.3 is 0 Å². The molecule has 1 fully saturated rings. The summed E-state index contributed by atoms with van der Waals surface area (Å²) in [4.78, 5) is 12.4. The molecule has 1 N–H and O–H groups in total. The zero-order chi connectivity index (χ0) is 15.9. The third kappa shape index (κ3) is 4.32. The molecule has 2 aromatic carbocycles. The van der Waals surface area contributed by atoms with E-state index in [0.717, 1.165) is 29.4 Å². The van der Waals surface area contributed by atoms with Crippen molar-refractivity contribution in [3.05, 3.63) is 48.0 Å². The van der Waals surface area contributed by atoms with Crippen LogP contribution in [0.4, 0.5) is 0 Å². The Labute approximate surface area is 138 Å². The summed E-state index contributed by atoms with van der Waals surface area (Å²) in [6, 6.07) is 13.8.